The number of ether oxygens (including phenoxy) is 1. The predicted octanol–water partition coefficient (Wildman–Crippen LogP) is 2.63. The normalized spacial score (nSPS) is 11.5. The number of nitrogens with one attached hydrogen (secondary N) is 1. The van der Waals surface area contributed by atoms with Crippen LogP contribution in [-0.4, -0.2) is 29.6 Å². The van der Waals surface area contributed by atoms with E-state index in [9.17, 15) is 9.59 Å². The van der Waals surface area contributed by atoms with Crippen LogP contribution in [0.3, 0.4) is 0 Å². The van der Waals surface area contributed by atoms with Crippen molar-refractivity contribution in [2.24, 2.45) is 0 Å². The van der Waals surface area contributed by atoms with Crippen molar-refractivity contribution >= 4 is 39.4 Å². The molecule has 1 unspecified atom stereocenters. The van der Waals surface area contributed by atoms with Crippen molar-refractivity contribution < 1.29 is 19.4 Å². The van der Waals surface area contributed by atoms with Gasteiger partial charge in [0.05, 0.1) is 5.02 Å². The first-order chi connectivity index (χ1) is 9.43. The van der Waals surface area contributed by atoms with Crippen LogP contribution in [0.2, 0.25) is 5.02 Å². The number of carbonyl (C=O) groups is 2. The number of hydrogen-bond acceptors (Lipinski definition) is 3. The van der Waals surface area contributed by atoms with Gasteiger partial charge in [-0.3, -0.25) is 4.79 Å². The van der Waals surface area contributed by atoms with E-state index in [0.717, 1.165) is 4.47 Å². The number of carboxylic acid groups (broad SMARTS) is 1. The van der Waals surface area contributed by atoms with Gasteiger partial charge in [-0.1, -0.05) is 33.6 Å². The lowest BCUT2D eigenvalue weighted by molar-refractivity contribution is -0.142. The van der Waals surface area contributed by atoms with E-state index in [-0.39, 0.29) is 13.0 Å². The van der Waals surface area contributed by atoms with Crippen molar-refractivity contribution in [3.8, 4) is 5.75 Å². The van der Waals surface area contributed by atoms with E-state index in [1.165, 1.54) is 6.08 Å². The van der Waals surface area contributed by atoms with Crippen LogP contribution in [0.1, 0.15) is 6.42 Å². The van der Waals surface area contributed by atoms with E-state index < -0.39 is 17.9 Å². The Morgan fingerprint density at radius 1 is 1.55 bits per heavy atom. The van der Waals surface area contributed by atoms with Crippen LogP contribution in [0.15, 0.2) is 35.3 Å². The van der Waals surface area contributed by atoms with Gasteiger partial charge in [0.15, 0.2) is 6.61 Å². The Kier molecular flexibility index (Phi) is 6.54. The van der Waals surface area contributed by atoms with Crippen molar-refractivity contribution in [3.05, 3.63) is 40.3 Å². The van der Waals surface area contributed by atoms with E-state index in [4.69, 9.17) is 21.4 Å². The van der Waals surface area contributed by atoms with Crippen molar-refractivity contribution in [3.63, 3.8) is 0 Å². The van der Waals surface area contributed by atoms with Gasteiger partial charge >= 0.3 is 5.97 Å². The zero-order valence-electron chi connectivity index (χ0n) is 10.4. The van der Waals surface area contributed by atoms with Gasteiger partial charge < -0.3 is 15.2 Å². The second-order valence-electron chi connectivity index (χ2n) is 3.85. The molecule has 7 heteroatoms. The topological polar surface area (TPSA) is 75.6 Å². The quantitative estimate of drug-likeness (QED) is 0.731. The monoisotopic (exact) mass is 361 g/mol. The van der Waals surface area contributed by atoms with Gasteiger partial charge in [-0.15, -0.1) is 6.58 Å². The minimum atomic E-state index is -1.13. The molecule has 0 bridgehead atoms. The maximum Gasteiger partial charge on any atom is 0.326 e. The van der Waals surface area contributed by atoms with Gasteiger partial charge in [0.25, 0.3) is 5.91 Å². The Morgan fingerprint density at radius 3 is 2.80 bits per heavy atom. The van der Waals surface area contributed by atoms with Crippen molar-refractivity contribution in [2.75, 3.05) is 6.61 Å². The number of carbonyl (C=O) groups excluding carboxylic acids is 1. The summed E-state index contributed by atoms with van der Waals surface area (Å²) in [5.74, 6) is -1.32. The average molecular weight is 363 g/mol. The van der Waals surface area contributed by atoms with Gasteiger partial charge in [-0.05, 0) is 24.6 Å². The molecule has 20 heavy (non-hydrogen) atoms. The molecule has 1 aromatic rings. The standard InChI is InChI=1S/C13H13BrClNO4/c1-2-3-10(13(18)19)16-12(17)7-20-11-5-4-8(14)6-9(11)15/h2,4-6,10H,1,3,7H2,(H,16,17)(H,18,19). The highest BCUT2D eigenvalue weighted by Crippen LogP contribution is 2.27. The third-order valence-corrected chi connectivity index (χ3v) is 3.08. The number of halogens is 2. The van der Waals surface area contributed by atoms with E-state index in [0.29, 0.717) is 10.8 Å². The zero-order chi connectivity index (χ0) is 15.1. The molecule has 108 valence electrons. The number of benzene rings is 1. The molecule has 2 N–H and O–H groups in total. The van der Waals surface area contributed by atoms with Crippen LogP contribution in [-0.2, 0) is 9.59 Å². The first-order valence-corrected chi connectivity index (χ1v) is 6.82. The summed E-state index contributed by atoms with van der Waals surface area (Å²) >= 11 is 9.17. The summed E-state index contributed by atoms with van der Waals surface area (Å²) in [5, 5.41) is 11.6. The summed E-state index contributed by atoms with van der Waals surface area (Å²) in [7, 11) is 0. The summed E-state index contributed by atoms with van der Waals surface area (Å²) in [6.07, 6.45) is 1.56. The smallest absolute Gasteiger partial charge is 0.326 e. The molecule has 0 fully saturated rings. The third kappa shape index (κ3) is 5.22. The fraction of sp³-hybridized carbons (Fsp3) is 0.231. The van der Waals surface area contributed by atoms with Crippen molar-refractivity contribution in [2.45, 2.75) is 12.5 Å². The van der Waals surface area contributed by atoms with Crippen molar-refractivity contribution in [1.82, 2.24) is 5.32 Å². The van der Waals surface area contributed by atoms with Gasteiger partial charge in [-0.25, -0.2) is 4.79 Å². The second kappa shape index (κ2) is 7.91. The lowest BCUT2D eigenvalue weighted by Gasteiger charge is -2.13. The molecule has 5 nitrogen and oxygen atoms in total. The summed E-state index contributed by atoms with van der Waals surface area (Å²) in [6.45, 7) is 3.12. The molecule has 0 spiro atoms. The molecule has 0 heterocycles. The summed E-state index contributed by atoms with van der Waals surface area (Å²) in [5.41, 5.74) is 0. The number of hydrogen-bond donors (Lipinski definition) is 2. The lowest BCUT2D eigenvalue weighted by Crippen LogP contribution is -2.42. The lowest BCUT2D eigenvalue weighted by atomic mass is 10.2. The molecule has 1 aromatic carbocycles. The Labute approximate surface area is 129 Å². The maximum absolute atomic E-state index is 11.6. The number of aliphatic carboxylic acids is 1. The Balaban J connectivity index is 2.54. The predicted molar refractivity (Wildman–Crippen MR) is 79.0 cm³/mol. The second-order valence-corrected chi connectivity index (χ2v) is 5.17. The number of carboxylic acids is 1. The van der Waals surface area contributed by atoms with Gasteiger partial charge in [0, 0.05) is 4.47 Å². The minimum absolute atomic E-state index is 0.139. The van der Waals surface area contributed by atoms with Gasteiger partial charge in [0.1, 0.15) is 11.8 Å². The SMILES string of the molecule is C=CCC(NC(=O)COc1ccc(Br)cc1Cl)C(=O)O. The number of amides is 1. The van der Waals surface area contributed by atoms with Crippen LogP contribution in [0.5, 0.6) is 5.75 Å². The fourth-order valence-corrected chi connectivity index (χ4v) is 2.09. The highest BCUT2D eigenvalue weighted by molar-refractivity contribution is 9.10. The molecule has 0 saturated heterocycles. The summed E-state index contributed by atoms with van der Waals surface area (Å²) in [4.78, 5) is 22.5. The molecule has 0 aliphatic rings. The minimum Gasteiger partial charge on any atom is -0.482 e. The molecule has 0 aliphatic carbocycles. The molecule has 0 aliphatic heterocycles. The molecule has 0 radical (unpaired) electrons. The van der Waals surface area contributed by atoms with Gasteiger partial charge in [-0.2, -0.15) is 0 Å². The molecular formula is C13H13BrClNO4. The van der Waals surface area contributed by atoms with Crippen LogP contribution in [0.4, 0.5) is 0 Å². The molecule has 1 atom stereocenters. The highest BCUT2D eigenvalue weighted by Gasteiger charge is 2.18. The molecular weight excluding hydrogens is 350 g/mol. The van der Waals surface area contributed by atoms with Crippen LogP contribution in [0, 0.1) is 0 Å². The molecule has 1 amide bonds. The fourth-order valence-electron chi connectivity index (χ4n) is 1.36. The summed E-state index contributed by atoms with van der Waals surface area (Å²) in [6, 6.07) is 3.95. The van der Waals surface area contributed by atoms with E-state index in [1.807, 2.05) is 0 Å². The van der Waals surface area contributed by atoms with E-state index in [1.54, 1.807) is 18.2 Å². The van der Waals surface area contributed by atoms with Crippen LogP contribution in [0.25, 0.3) is 0 Å². The summed E-state index contributed by atoms with van der Waals surface area (Å²) < 4.78 is 6.02. The maximum atomic E-state index is 11.6. The van der Waals surface area contributed by atoms with Crippen LogP contribution < -0.4 is 10.1 Å². The van der Waals surface area contributed by atoms with Crippen molar-refractivity contribution in [1.29, 1.82) is 0 Å². The first-order valence-electron chi connectivity index (χ1n) is 5.65. The van der Waals surface area contributed by atoms with E-state index in [2.05, 4.69) is 27.8 Å². The first kappa shape index (κ1) is 16.5. The van der Waals surface area contributed by atoms with E-state index >= 15 is 0 Å². The Hall–Kier alpha value is -1.53. The molecule has 0 aromatic heterocycles. The Morgan fingerprint density at radius 2 is 2.25 bits per heavy atom. The highest BCUT2D eigenvalue weighted by atomic mass is 79.9. The molecule has 0 saturated carbocycles. The zero-order valence-corrected chi connectivity index (χ0v) is 12.8. The number of rotatable bonds is 7. The Bertz CT molecular complexity index is 521. The average Bonchev–Trinajstić information content (AvgIpc) is 2.37. The van der Waals surface area contributed by atoms with Crippen LogP contribution >= 0.6 is 27.5 Å². The largest absolute Gasteiger partial charge is 0.482 e. The molecule has 1 rings (SSSR count). The van der Waals surface area contributed by atoms with Gasteiger partial charge in [0.2, 0.25) is 0 Å². The third-order valence-electron chi connectivity index (χ3n) is 2.29.